The van der Waals surface area contributed by atoms with Crippen molar-refractivity contribution in [3.05, 3.63) is 46.1 Å². The van der Waals surface area contributed by atoms with Crippen molar-refractivity contribution in [3.8, 4) is 11.5 Å². The summed E-state index contributed by atoms with van der Waals surface area (Å²) >= 11 is 0. The minimum atomic E-state index is -0.317. The van der Waals surface area contributed by atoms with Gasteiger partial charge in [0.2, 0.25) is 5.91 Å². The molecule has 0 saturated heterocycles. The van der Waals surface area contributed by atoms with Gasteiger partial charge in [-0.15, -0.1) is 0 Å². The molecule has 0 radical (unpaired) electrons. The zero-order valence-electron chi connectivity index (χ0n) is 14.4. The topological polar surface area (TPSA) is 82.5 Å². The zero-order chi connectivity index (χ0) is 17.8. The monoisotopic (exact) mass is 343 g/mol. The van der Waals surface area contributed by atoms with Gasteiger partial charge in [0, 0.05) is 11.6 Å². The Morgan fingerprint density at radius 3 is 2.80 bits per heavy atom. The molecule has 7 heteroatoms. The van der Waals surface area contributed by atoms with Crippen LogP contribution in [0.3, 0.4) is 0 Å². The van der Waals surface area contributed by atoms with Crippen molar-refractivity contribution in [1.29, 1.82) is 0 Å². The van der Waals surface area contributed by atoms with E-state index in [1.165, 1.54) is 18.0 Å². The molecule has 25 heavy (non-hydrogen) atoms. The van der Waals surface area contributed by atoms with E-state index in [1.807, 2.05) is 0 Å². The molecule has 2 aromatic rings. The number of rotatable bonds is 5. The summed E-state index contributed by atoms with van der Waals surface area (Å²) < 4.78 is 11.8. The maximum absolute atomic E-state index is 12.5. The predicted octanol–water partition coefficient (Wildman–Crippen LogP) is 1.78. The number of nitrogens with one attached hydrogen (secondary N) is 1. The highest BCUT2D eigenvalue weighted by Crippen LogP contribution is 2.28. The molecule has 1 aromatic heterocycles. The lowest BCUT2D eigenvalue weighted by Crippen LogP contribution is -2.32. The number of aromatic nitrogens is 2. The summed E-state index contributed by atoms with van der Waals surface area (Å²) in [5.41, 5.74) is 2.00. The zero-order valence-corrected chi connectivity index (χ0v) is 14.4. The molecule has 7 nitrogen and oxygen atoms in total. The van der Waals surface area contributed by atoms with Gasteiger partial charge < -0.3 is 14.8 Å². The minimum Gasteiger partial charge on any atom is -0.497 e. The second-order valence-corrected chi connectivity index (χ2v) is 5.92. The minimum absolute atomic E-state index is 0.0890. The van der Waals surface area contributed by atoms with E-state index < -0.39 is 0 Å². The van der Waals surface area contributed by atoms with Crippen LogP contribution in [0.4, 0.5) is 5.69 Å². The molecule has 0 unspecified atom stereocenters. The Morgan fingerprint density at radius 2 is 2.04 bits per heavy atom. The lowest BCUT2D eigenvalue weighted by Gasteiger charge is -2.16. The molecule has 1 amide bonds. The van der Waals surface area contributed by atoms with E-state index in [0.717, 1.165) is 36.9 Å². The van der Waals surface area contributed by atoms with Crippen LogP contribution in [0.25, 0.3) is 0 Å². The standard InChI is InChI=1S/C18H21N3O4/c1-24-12-7-8-15(16(9-12)25-2)20-17(22)10-21-11-19-14-6-4-3-5-13(14)18(21)23/h7-9,11H,3-6,10H2,1-2H3,(H,20,22). The van der Waals surface area contributed by atoms with Gasteiger partial charge in [-0.05, 0) is 37.8 Å². The summed E-state index contributed by atoms with van der Waals surface area (Å²) in [5.74, 6) is 0.802. The summed E-state index contributed by atoms with van der Waals surface area (Å²) in [6.07, 6.45) is 5.07. The molecule has 0 saturated carbocycles. The van der Waals surface area contributed by atoms with Gasteiger partial charge in [0.15, 0.2) is 0 Å². The second-order valence-electron chi connectivity index (χ2n) is 5.92. The van der Waals surface area contributed by atoms with Gasteiger partial charge in [-0.1, -0.05) is 0 Å². The summed E-state index contributed by atoms with van der Waals surface area (Å²) in [5, 5.41) is 2.76. The average Bonchev–Trinajstić information content (AvgIpc) is 2.64. The van der Waals surface area contributed by atoms with Gasteiger partial charge in [0.25, 0.3) is 5.56 Å². The number of fused-ring (bicyclic) bond motifs is 1. The smallest absolute Gasteiger partial charge is 0.257 e. The number of carbonyl (C=O) groups excluding carboxylic acids is 1. The Kier molecular flexibility index (Phi) is 5.02. The number of carbonyl (C=O) groups is 1. The summed E-state index contributed by atoms with van der Waals surface area (Å²) in [4.78, 5) is 29.2. The van der Waals surface area contributed by atoms with Crippen molar-refractivity contribution in [1.82, 2.24) is 9.55 Å². The Balaban J connectivity index is 1.76. The van der Waals surface area contributed by atoms with Crippen molar-refractivity contribution in [2.45, 2.75) is 32.2 Å². The largest absolute Gasteiger partial charge is 0.497 e. The Bertz CT molecular complexity index is 845. The molecule has 0 spiro atoms. The van der Waals surface area contributed by atoms with Gasteiger partial charge in [0.1, 0.15) is 18.0 Å². The summed E-state index contributed by atoms with van der Waals surface area (Å²) in [6, 6.07) is 5.11. The molecular weight excluding hydrogens is 322 g/mol. The van der Waals surface area contributed by atoms with Crippen molar-refractivity contribution in [2.75, 3.05) is 19.5 Å². The van der Waals surface area contributed by atoms with Gasteiger partial charge in [-0.3, -0.25) is 14.2 Å². The third-order valence-corrected chi connectivity index (χ3v) is 4.31. The normalized spacial score (nSPS) is 13.0. The first kappa shape index (κ1) is 17.0. The second kappa shape index (κ2) is 7.38. The lowest BCUT2D eigenvalue weighted by atomic mass is 9.97. The molecule has 132 valence electrons. The highest BCUT2D eigenvalue weighted by molar-refractivity contribution is 5.92. The molecule has 0 atom stereocenters. The fraction of sp³-hybridized carbons (Fsp3) is 0.389. The molecule has 1 heterocycles. The van der Waals surface area contributed by atoms with Crippen LogP contribution in [0.2, 0.25) is 0 Å². The summed E-state index contributed by atoms with van der Waals surface area (Å²) in [6.45, 7) is -0.0890. The number of aryl methyl sites for hydroxylation is 1. The van der Waals surface area contributed by atoms with Gasteiger partial charge in [-0.2, -0.15) is 0 Å². The first-order valence-electron chi connectivity index (χ1n) is 8.21. The van der Waals surface area contributed by atoms with E-state index >= 15 is 0 Å². The van der Waals surface area contributed by atoms with Crippen LogP contribution >= 0.6 is 0 Å². The molecule has 1 aliphatic carbocycles. The van der Waals surface area contributed by atoms with Gasteiger partial charge >= 0.3 is 0 Å². The Hall–Kier alpha value is -2.83. The highest BCUT2D eigenvalue weighted by Gasteiger charge is 2.17. The van der Waals surface area contributed by atoms with Crippen molar-refractivity contribution in [2.24, 2.45) is 0 Å². The van der Waals surface area contributed by atoms with Gasteiger partial charge in [-0.25, -0.2) is 4.98 Å². The van der Waals surface area contributed by atoms with E-state index in [1.54, 1.807) is 25.3 Å². The van der Waals surface area contributed by atoms with Crippen LogP contribution in [-0.4, -0.2) is 29.7 Å². The van der Waals surface area contributed by atoms with Crippen LogP contribution in [0.1, 0.15) is 24.1 Å². The Labute approximate surface area is 145 Å². The van der Waals surface area contributed by atoms with Crippen LogP contribution in [0.15, 0.2) is 29.3 Å². The van der Waals surface area contributed by atoms with Crippen molar-refractivity contribution < 1.29 is 14.3 Å². The number of hydrogen-bond donors (Lipinski definition) is 1. The molecule has 3 rings (SSSR count). The third kappa shape index (κ3) is 3.65. The number of ether oxygens (including phenoxy) is 2. The van der Waals surface area contributed by atoms with Crippen LogP contribution < -0.4 is 20.3 Å². The number of nitrogens with zero attached hydrogens (tertiary/aromatic N) is 2. The fourth-order valence-electron chi connectivity index (χ4n) is 2.99. The molecule has 1 N–H and O–H groups in total. The average molecular weight is 343 g/mol. The van der Waals surface area contributed by atoms with Crippen molar-refractivity contribution in [3.63, 3.8) is 0 Å². The van der Waals surface area contributed by atoms with E-state index in [2.05, 4.69) is 10.3 Å². The molecule has 1 aliphatic rings. The maximum atomic E-state index is 12.5. The SMILES string of the molecule is COc1ccc(NC(=O)Cn2cnc3c(c2=O)CCCC3)c(OC)c1. The molecule has 1 aromatic carbocycles. The van der Waals surface area contributed by atoms with E-state index in [0.29, 0.717) is 17.2 Å². The number of methoxy groups -OCH3 is 2. The van der Waals surface area contributed by atoms with Crippen LogP contribution in [-0.2, 0) is 24.2 Å². The van der Waals surface area contributed by atoms with Crippen LogP contribution in [0.5, 0.6) is 11.5 Å². The Morgan fingerprint density at radius 1 is 1.24 bits per heavy atom. The summed E-state index contributed by atoms with van der Waals surface area (Å²) in [7, 11) is 3.07. The third-order valence-electron chi connectivity index (χ3n) is 4.31. The number of anilines is 1. The molecular formula is C18H21N3O4. The number of hydrogen-bond acceptors (Lipinski definition) is 5. The first-order valence-corrected chi connectivity index (χ1v) is 8.21. The van der Waals surface area contributed by atoms with E-state index in [9.17, 15) is 9.59 Å². The van der Waals surface area contributed by atoms with E-state index in [-0.39, 0.29) is 18.0 Å². The fourth-order valence-corrected chi connectivity index (χ4v) is 2.99. The first-order chi connectivity index (χ1) is 12.1. The van der Waals surface area contributed by atoms with Gasteiger partial charge in [0.05, 0.1) is 31.9 Å². The van der Waals surface area contributed by atoms with Crippen molar-refractivity contribution >= 4 is 11.6 Å². The quantitative estimate of drug-likeness (QED) is 0.895. The van der Waals surface area contributed by atoms with E-state index in [4.69, 9.17) is 9.47 Å². The highest BCUT2D eigenvalue weighted by atomic mass is 16.5. The molecule has 0 bridgehead atoms. The predicted molar refractivity (Wildman–Crippen MR) is 93.3 cm³/mol. The molecule has 0 aliphatic heterocycles. The number of benzene rings is 1. The molecule has 0 fully saturated rings. The number of amides is 1. The maximum Gasteiger partial charge on any atom is 0.257 e. The van der Waals surface area contributed by atoms with Crippen LogP contribution in [0, 0.1) is 0 Å². The lowest BCUT2D eigenvalue weighted by molar-refractivity contribution is -0.116.